The lowest BCUT2D eigenvalue weighted by Gasteiger charge is -2.18. The van der Waals surface area contributed by atoms with Gasteiger partial charge in [0.25, 0.3) is 5.91 Å². The quantitative estimate of drug-likeness (QED) is 0.675. The molecule has 1 N–H and O–H groups in total. The molecule has 0 aliphatic rings. The Kier molecular flexibility index (Phi) is 5.36. The molecule has 1 unspecified atom stereocenters. The van der Waals surface area contributed by atoms with E-state index in [2.05, 4.69) is 20.4 Å². The number of anilines is 1. The van der Waals surface area contributed by atoms with Gasteiger partial charge in [-0.25, -0.2) is 9.37 Å². The van der Waals surface area contributed by atoms with Crippen molar-refractivity contribution in [1.82, 2.24) is 20.4 Å². The van der Waals surface area contributed by atoms with Crippen molar-refractivity contribution in [2.24, 2.45) is 0 Å². The van der Waals surface area contributed by atoms with Gasteiger partial charge in [-0.3, -0.25) is 4.79 Å². The fourth-order valence-corrected chi connectivity index (χ4v) is 2.68. The van der Waals surface area contributed by atoms with Crippen molar-refractivity contribution in [2.75, 3.05) is 19.0 Å². The Morgan fingerprint density at radius 1 is 1.26 bits per heavy atom. The first-order valence-electron chi connectivity index (χ1n) is 8.05. The van der Waals surface area contributed by atoms with E-state index in [9.17, 15) is 9.18 Å². The highest BCUT2D eigenvalue weighted by molar-refractivity contribution is 6.29. The Morgan fingerprint density at radius 2 is 2.00 bits per heavy atom. The van der Waals surface area contributed by atoms with Crippen molar-refractivity contribution >= 4 is 23.3 Å². The van der Waals surface area contributed by atoms with Crippen LogP contribution >= 0.6 is 11.6 Å². The zero-order chi connectivity index (χ0) is 19.6. The standard InChI is InChI=1S/C18H17ClFN5O2/c1-10-21-17(24-27-10)16(12-6-4-5-7-13(12)20)23-18(26)11-8-14(19)22-15(9-11)25(2)3/h4-9,16H,1-3H3,(H,23,26). The van der Waals surface area contributed by atoms with E-state index in [1.54, 1.807) is 50.2 Å². The highest BCUT2D eigenvalue weighted by atomic mass is 35.5. The summed E-state index contributed by atoms with van der Waals surface area (Å²) in [7, 11) is 3.56. The number of hydrogen-bond donors (Lipinski definition) is 1. The van der Waals surface area contributed by atoms with E-state index in [-0.39, 0.29) is 22.1 Å². The summed E-state index contributed by atoms with van der Waals surface area (Å²) in [5.41, 5.74) is 0.500. The van der Waals surface area contributed by atoms with Gasteiger partial charge in [0.05, 0.1) is 0 Å². The zero-order valence-corrected chi connectivity index (χ0v) is 15.7. The van der Waals surface area contributed by atoms with Crippen molar-refractivity contribution < 1.29 is 13.7 Å². The topological polar surface area (TPSA) is 84.2 Å². The van der Waals surface area contributed by atoms with Gasteiger partial charge in [-0.2, -0.15) is 4.98 Å². The molecule has 1 aromatic carbocycles. The fraction of sp³-hybridized carbons (Fsp3) is 0.222. The van der Waals surface area contributed by atoms with Crippen molar-refractivity contribution in [1.29, 1.82) is 0 Å². The van der Waals surface area contributed by atoms with Crippen LogP contribution in [0, 0.1) is 12.7 Å². The highest BCUT2D eigenvalue weighted by Crippen LogP contribution is 2.24. The van der Waals surface area contributed by atoms with Crippen LogP contribution in [0.2, 0.25) is 5.15 Å². The molecule has 0 aliphatic heterocycles. The first-order chi connectivity index (χ1) is 12.8. The summed E-state index contributed by atoms with van der Waals surface area (Å²) in [6, 6.07) is 8.17. The number of nitrogens with zero attached hydrogens (tertiary/aromatic N) is 4. The second-order valence-corrected chi connectivity index (χ2v) is 6.42. The van der Waals surface area contributed by atoms with E-state index in [1.807, 2.05) is 0 Å². The molecule has 9 heteroatoms. The number of benzene rings is 1. The smallest absolute Gasteiger partial charge is 0.252 e. The van der Waals surface area contributed by atoms with Gasteiger partial charge in [-0.1, -0.05) is 35.0 Å². The van der Waals surface area contributed by atoms with E-state index in [4.69, 9.17) is 16.1 Å². The highest BCUT2D eigenvalue weighted by Gasteiger charge is 2.25. The summed E-state index contributed by atoms with van der Waals surface area (Å²) in [6.07, 6.45) is 0. The van der Waals surface area contributed by atoms with Crippen molar-refractivity contribution in [3.05, 3.63) is 70.2 Å². The second kappa shape index (κ2) is 7.71. The number of aromatic nitrogens is 3. The molecule has 0 aliphatic carbocycles. The number of amides is 1. The normalized spacial score (nSPS) is 11.9. The van der Waals surface area contributed by atoms with Crippen LogP contribution in [0.4, 0.5) is 10.2 Å². The maximum atomic E-state index is 14.3. The number of carbonyl (C=O) groups excluding carboxylic acids is 1. The minimum absolute atomic E-state index is 0.152. The second-order valence-electron chi connectivity index (χ2n) is 6.03. The molecule has 0 saturated carbocycles. The Bertz CT molecular complexity index is 976. The number of nitrogens with one attached hydrogen (secondary N) is 1. The Labute approximate surface area is 160 Å². The third-order valence-electron chi connectivity index (χ3n) is 3.79. The summed E-state index contributed by atoms with van der Waals surface area (Å²) in [5.74, 6) is 0.0111. The van der Waals surface area contributed by atoms with Crippen LogP contribution in [-0.2, 0) is 0 Å². The first kappa shape index (κ1) is 18.8. The van der Waals surface area contributed by atoms with Crippen LogP contribution in [0.25, 0.3) is 0 Å². The average molecular weight is 390 g/mol. The van der Waals surface area contributed by atoms with Gasteiger partial charge in [0.1, 0.15) is 22.8 Å². The summed E-state index contributed by atoms with van der Waals surface area (Å²) in [6.45, 7) is 1.61. The van der Waals surface area contributed by atoms with Crippen LogP contribution in [0.15, 0.2) is 40.9 Å². The molecule has 3 aromatic rings. The van der Waals surface area contributed by atoms with Gasteiger partial charge in [0.2, 0.25) is 5.89 Å². The van der Waals surface area contributed by atoms with Gasteiger partial charge in [-0.05, 0) is 18.2 Å². The number of rotatable bonds is 5. The molecule has 7 nitrogen and oxygen atoms in total. The fourth-order valence-electron chi connectivity index (χ4n) is 2.48. The lowest BCUT2D eigenvalue weighted by molar-refractivity contribution is 0.0940. The SMILES string of the molecule is Cc1nc(C(NC(=O)c2cc(Cl)nc(N(C)C)c2)c2ccccc2F)no1. The van der Waals surface area contributed by atoms with Crippen molar-refractivity contribution in [3.63, 3.8) is 0 Å². The maximum Gasteiger partial charge on any atom is 0.252 e. The largest absolute Gasteiger partial charge is 0.363 e. The van der Waals surface area contributed by atoms with Gasteiger partial charge in [0.15, 0.2) is 5.82 Å². The molecule has 0 radical (unpaired) electrons. The average Bonchev–Trinajstić information content (AvgIpc) is 3.05. The number of aryl methyl sites for hydroxylation is 1. The van der Waals surface area contributed by atoms with Gasteiger partial charge >= 0.3 is 0 Å². The van der Waals surface area contributed by atoms with Crippen LogP contribution in [0.3, 0.4) is 0 Å². The minimum Gasteiger partial charge on any atom is -0.363 e. The molecule has 140 valence electrons. The molecule has 0 spiro atoms. The molecule has 0 bridgehead atoms. The molecule has 2 heterocycles. The number of pyridine rings is 1. The van der Waals surface area contributed by atoms with E-state index in [0.717, 1.165) is 0 Å². The summed E-state index contributed by atoms with van der Waals surface area (Å²) >= 11 is 6.02. The predicted octanol–water partition coefficient (Wildman–Crippen LogP) is 3.15. The summed E-state index contributed by atoms with van der Waals surface area (Å²) in [4.78, 5) is 22.8. The Hall–Kier alpha value is -3.00. The molecule has 0 saturated heterocycles. The molecule has 27 heavy (non-hydrogen) atoms. The van der Waals surface area contributed by atoms with Crippen LogP contribution < -0.4 is 10.2 Å². The lowest BCUT2D eigenvalue weighted by Crippen LogP contribution is -2.31. The molecular formula is C18H17ClFN5O2. The van der Waals surface area contributed by atoms with Crippen LogP contribution in [0.5, 0.6) is 0 Å². The first-order valence-corrected chi connectivity index (χ1v) is 8.43. The minimum atomic E-state index is -0.925. The van der Waals surface area contributed by atoms with Crippen molar-refractivity contribution in [3.8, 4) is 0 Å². The van der Waals surface area contributed by atoms with Gasteiger partial charge in [-0.15, -0.1) is 0 Å². The zero-order valence-electron chi connectivity index (χ0n) is 14.9. The molecule has 1 atom stereocenters. The predicted molar refractivity (Wildman–Crippen MR) is 98.3 cm³/mol. The Morgan fingerprint density at radius 3 is 2.63 bits per heavy atom. The number of carbonyl (C=O) groups is 1. The monoisotopic (exact) mass is 389 g/mol. The number of halogens is 2. The summed E-state index contributed by atoms with van der Waals surface area (Å²) < 4.78 is 19.3. The summed E-state index contributed by atoms with van der Waals surface area (Å²) in [5, 5.41) is 6.74. The van der Waals surface area contributed by atoms with E-state index in [0.29, 0.717) is 11.7 Å². The molecule has 2 aromatic heterocycles. The third kappa shape index (κ3) is 4.22. The lowest BCUT2D eigenvalue weighted by atomic mass is 10.0. The molecule has 1 amide bonds. The molecular weight excluding hydrogens is 373 g/mol. The Balaban J connectivity index is 1.98. The maximum absolute atomic E-state index is 14.3. The van der Waals surface area contributed by atoms with Crippen LogP contribution in [-0.4, -0.2) is 35.1 Å². The van der Waals surface area contributed by atoms with E-state index < -0.39 is 17.8 Å². The van der Waals surface area contributed by atoms with Crippen LogP contribution in [0.1, 0.15) is 33.7 Å². The van der Waals surface area contributed by atoms with E-state index >= 15 is 0 Å². The third-order valence-corrected chi connectivity index (χ3v) is 3.99. The molecule has 0 fully saturated rings. The number of hydrogen-bond acceptors (Lipinski definition) is 6. The molecule has 3 rings (SSSR count). The van der Waals surface area contributed by atoms with Gasteiger partial charge in [0, 0.05) is 32.1 Å². The van der Waals surface area contributed by atoms with E-state index in [1.165, 1.54) is 12.1 Å². The van der Waals surface area contributed by atoms with Crippen molar-refractivity contribution in [2.45, 2.75) is 13.0 Å². The van der Waals surface area contributed by atoms with Gasteiger partial charge < -0.3 is 14.7 Å².